The molecule has 0 aromatic rings. The Labute approximate surface area is 104 Å². The van der Waals surface area contributed by atoms with E-state index in [0.29, 0.717) is 18.4 Å². The molecule has 0 spiro atoms. The highest BCUT2D eigenvalue weighted by Gasteiger charge is 2.39. The maximum atomic E-state index is 12.2. The summed E-state index contributed by atoms with van der Waals surface area (Å²) in [5.41, 5.74) is 0. The van der Waals surface area contributed by atoms with Crippen molar-refractivity contribution in [1.29, 1.82) is 0 Å². The molecule has 0 aromatic carbocycles. The topological polar surface area (TPSA) is 41.6 Å². The van der Waals surface area contributed by atoms with Crippen LogP contribution in [0.15, 0.2) is 0 Å². The number of carbonyl (C=O) groups excluding carboxylic acids is 1. The molecular formula is C13H24N2O2. The molecule has 17 heavy (non-hydrogen) atoms. The van der Waals surface area contributed by atoms with Gasteiger partial charge >= 0.3 is 0 Å². The molecule has 0 radical (unpaired) electrons. The van der Waals surface area contributed by atoms with Crippen molar-refractivity contribution in [3.8, 4) is 0 Å². The fourth-order valence-electron chi connectivity index (χ4n) is 2.77. The fourth-order valence-corrected chi connectivity index (χ4v) is 2.77. The number of nitrogens with one attached hydrogen (secondary N) is 1. The molecule has 4 heteroatoms. The van der Waals surface area contributed by atoms with Crippen LogP contribution in [0.1, 0.15) is 26.7 Å². The van der Waals surface area contributed by atoms with E-state index < -0.39 is 0 Å². The van der Waals surface area contributed by atoms with Crippen LogP contribution in [-0.4, -0.2) is 49.7 Å². The number of amides is 1. The van der Waals surface area contributed by atoms with Crippen molar-refractivity contribution in [3.63, 3.8) is 0 Å². The zero-order valence-electron chi connectivity index (χ0n) is 10.9. The summed E-state index contributed by atoms with van der Waals surface area (Å²) in [6.45, 7) is 8.68. The molecule has 2 heterocycles. The second kappa shape index (κ2) is 5.83. The van der Waals surface area contributed by atoms with Crippen LogP contribution >= 0.6 is 0 Å². The number of carbonyl (C=O) groups is 1. The summed E-state index contributed by atoms with van der Waals surface area (Å²) in [5, 5.41) is 3.39. The van der Waals surface area contributed by atoms with E-state index in [-0.39, 0.29) is 12.0 Å². The minimum absolute atomic E-state index is 0.176. The van der Waals surface area contributed by atoms with Crippen LogP contribution in [0.3, 0.4) is 0 Å². The Morgan fingerprint density at radius 2 is 2.06 bits per heavy atom. The molecular weight excluding hydrogens is 216 g/mol. The molecule has 1 N–H and O–H groups in total. The Balaban J connectivity index is 1.76. The lowest BCUT2D eigenvalue weighted by molar-refractivity contribution is -0.141. The van der Waals surface area contributed by atoms with Gasteiger partial charge in [0.25, 0.3) is 5.91 Å². The summed E-state index contributed by atoms with van der Waals surface area (Å²) < 4.78 is 5.57. The number of unbranched alkanes of at least 4 members (excludes halogenated alkanes) is 1. The highest BCUT2D eigenvalue weighted by Crippen LogP contribution is 2.26. The Hall–Kier alpha value is -0.610. The average Bonchev–Trinajstić information content (AvgIpc) is 2.88. The molecule has 2 fully saturated rings. The van der Waals surface area contributed by atoms with Gasteiger partial charge in [0.05, 0.1) is 0 Å². The van der Waals surface area contributed by atoms with Crippen molar-refractivity contribution >= 4 is 5.91 Å². The number of hydrogen-bond donors (Lipinski definition) is 1. The van der Waals surface area contributed by atoms with Crippen molar-refractivity contribution in [1.82, 2.24) is 10.2 Å². The third-order valence-electron chi connectivity index (χ3n) is 3.91. The Morgan fingerprint density at radius 1 is 1.41 bits per heavy atom. The third-order valence-corrected chi connectivity index (χ3v) is 3.91. The number of likely N-dealkylation sites (tertiary alicyclic amines) is 1. The van der Waals surface area contributed by atoms with Gasteiger partial charge in [0, 0.05) is 32.8 Å². The second-order valence-corrected chi connectivity index (χ2v) is 5.29. The first kappa shape index (κ1) is 12.8. The summed E-state index contributed by atoms with van der Waals surface area (Å²) in [6, 6.07) is 0. The van der Waals surface area contributed by atoms with Gasteiger partial charge in [-0.05, 0) is 25.2 Å². The molecule has 2 aliphatic rings. The van der Waals surface area contributed by atoms with Crippen molar-refractivity contribution in [3.05, 3.63) is 0 Å². The van der Waals surface area contributed by atoms with Crippen LogP contribution in [0.2, 0.25) is 0 Å². The first-order chi connectivity index (χ1) is 8.22. The minimum atomic E-state index is -0.270. The maximum absolute atomic E-state index is 12.2. The predicted octanol–water partition coefficient (Wildman–Crippen LogP) is 0.869. The SMILES string of the molecule is CCCCOC(C)C(=O)N1C[C@H]2CNC[C@H]2C1. The van der Waals surface area contributed by atoms with Crippen LogP contribution in [0, 0.1) is 11.8 Å². The number of nitrogens with zero attached hydrogens (tertiary/aromatic N) is 1. The van der Waals surface area contributed by atoms with Crippen LogP contribution < -0.4 is 5.32 Å². The molecule has 98 valence electrons. The van der Waals surface area contributed by atoms with Crippen molar-refractivity contribution in [2.24, 2.45) is 11.8 Å². The van der Waals surface area contributed by atoms with Gasteiger partial charge in [-0.2, -0.15) is 0 Å². The highest BCUT2D eigenvalue weighted by molar-refractivity contribution is 5.80. The molecule has 0 bridgehead atoms. The lowest BCUT2D eigenvalue weighted by Gasteiger charge is -2.22. The first-order valence-electron chi connectivity index (χ1n) is 6.83. The molecule has 1 amide bonds. The van der Waals surface area contributed by atoms with Crippen molar-refractivity contribution in [2.75, 3.05) is 32.8 Å². The number of fused-ring (bicyclic) bond motifs is 1. The molecule has 3 atom stereocenters. The molecule has 1 unspecified atom stereocenters. The summed E-state index contributed by atoms with van der Waals surface area (Å²) in [7, 11) is 0. The summed E-state index contributed by atoms with van der Waals surface area (Å²) in [4.78, 5) is 14.1. The Kier molecular flexibility index (Phi) is 4.40. The first-order valence-corrected chi connectivity index (χ1v) is 6.83. The minimum Gasteiger partial charge on any atom is -0.369 e. The lowest BCUT2D eigenvalue weighted by atomic mass is 10.0. The maximum Gasteiger partial charge on any atom is 0.251 e. The van der Waals surface area contributed by atoms with Gasteiger partial charge < -0.3 is 15.0 Å². The standard InChI is InChI=1S/C13H24N2O2/c1-3-4-5-17-10(2)13(16)15-8-11-6-14-7-12(11)9-15/h10-12,14H,3-9H2,1-2H3/t10?,11-,12+. The van der Waals surface area contributed by atoms with Gasteiger partial charge in [0.15, 0.2) is 0 Å². The van der Waals surface area contributed by atoms with E-state index >= 15 is 0 Å². The van der Waals surface area contributed by atoms with Crippen molar-refractivity contribution in [2.45, 2.75) is 32.8 Å². The van der Waals surface area contributed by atoms with E-state index in [1.54, 1.807) is 0 Å². The summed E-state index contributed by atoms with van der Waals surface area (Å²) in [5.74, 6) is 1.51. The number of hydrogen-bond acceptors (Lipinski definition) is 3. The molecule has 0 aliphatic carbocycles. The monoisotopic (exact) mass is 240 g/mol. The lowest BCUT2D eigenvalue weighted by Crippen LogP contribution is -2.39. The predicted molar refractivity (Wildman–Crippen MR) is 66.8 cm³/mol. The molecule has 4 nitrogen and oxygen atoms in total. The van der Waals surface area contributed by atoms with E-state index in [9.17, 15) is 4.79 Å². The van der Waals surface area contributed by atoms with E-state index in [1.165, 1.54) is 0 Å². The largest absolute Gasteiger partial charge is 0.369 e. The van der Waals surface area contributed by atoms with Crippen LogP contribution in [0.25, 0.3) is 0 Å². The van der Waals surface area contributed by atoms with Gasteiger partial charge in [-0.3, -0.25) is 4.79 Å². The van der Waals surface area contributed by atoms with Crippen LogP contribution in [0.5, 0.6) is 0 Å². The normalized spacial score (nSPS) is 29.4. The highest BCUT2D eigenvalue weighted by atomic mass is 16.5. The van der Waals surface area contributed by atoms with Gasteiger partial charge in [0.1, 0.15) is 6.10 Å². The quantitative estimate of drug-likeness (QED) is 0.725. The molecule has 2 rings (SSSR count). The number of ether oxygens (including phenoxy) is 1. The van der Waals surface area contributed by atoms with Gasteiger partial charge in [-0.25, -0.2) is 0 Å². The zero-order chi connectivity index (χ0) is 12.3. The second-order valence-electron chi connectivity index (χ2n) is 5.29. The molecule has 0 aromatic heterocycles. The van der Waals surface area contributed by atoms with Gasteiger partial charge in [-0.15, -0.1) is 0 Å². The smallest absolute Gasteiger partial charge is 0.251 e. The van der Waals surface area contributed by atoms with Crippen LogP contribution in [0.4, 0.5) is 0 Å². The average molecular weight is 240 g/mol. The van der Waals surface area contributed by atoms with E-state index in [2.05, 4.69) is 12.2 Å². The molecule has 2 aliphatic heterocycles. The molecule has 0 saturated carbocycles. The Morgan fingerprint density at radius 3 is 2.65 bits per heavy atom. The van der Waals surface area contributed by atoms with Gasteiger partial charge in [0.2, 0.25) is 0 Å². The molecule has 2 saturated heterocycles. The third kappa shape index (κ3) is 2.99. The Bertz CT molecular complexity index is 258. The van der Waals surface area contributed by atoms with E-state index in [1.807, 2.05) is 11.8 Å². The fraction of sp³-hybridized carbons (Fsp3) is 0.923. The summed E-state index contributed by atoms with van der Waals surface area (Å²) in [6.07, 6.45) is 1.88. The summed E-state index contributed by atoms with van der Waals surface area (Å²) >= 11 is 0. The van der Waals surface area contributed by atoms with E-state index in [4.69, 9.17) is 4.74 Å². The number of rotatable bonds is 5. The van der Waals surface area contributed by atoms with Gasteiger partial charge in [-0.1, -0.05) is 13.3 Å². The van der Waals surface area contributed by atoms with Crippen LogP contribution in [-0.2, 0) is 9.53 Å². The van der Waals surface area contributed by atoms with E-state index in [0.717, 1.165) is 39.0 Å². The van der Waals surface area contributed by atoms with Crippen molar-refractivity contribution < 1.29 is 9.53 Å². The zero-order valence-corrected chi connectivity index (χ0v) is 10.9.